The van der Waals surface area contributed by atoms with Crippen LogP contribution < -0.4 is 10.5 Å². The fourth-order valence-corrected chi connectivity index (χ4v) is 1.99. The highest BCUT2D eigenvalue weighted by atomic mass is 16.5. The third kappa shape index (κ3) is 2.50. The Labute approximate surface area is 111 Å². The highest BCUT2D eigenvalue weighted by Gasteiger charge is 2.01. The number of nitrogens with two attached hydrogens (primary N) is 1. The van der Waals surface area contributed by atoms with Gasteiger partial charge in [-0.2, -0.15) is 0 Å². The third-order valence-electron chi connectivity index (χ3n) is 3.04. The van der Waals surface area contributed by atoms with Crippen LogP contribution in [0.5, 0.6) is 5.75 Å². The van der Waals surface area contributed by atoms with Crippen LogP contribution in [0.3, 0.4) is 0 Å². The molecule has 0 aliphatic carbocycles. The maximum atomic E-state index is 5.78. The number of hydrogen-bond acceptors (Lipinski definition) is 3. The van der Waals surface area contributed by atoms with Crippen LogP contribution >= 0.6 is 0 Å². The van der Waals surface area contributed by atoms with E-state index in [9.17, 15) is 0 Å². The van der Waals surface area contributed by atoms with E-state index in [1.807, 2.05) is 36.4 Å². The lowest BCUT2D eigenvalue weighted by Gasteiger charge is -2.08. The lowest BCUT2D eigenvalue weighted by molar-refractivity contribution is 0.307. The fourth-order valence-electron chi connectivity index (χ4n) is 1.99. The number of hydrogen-bond donors (Lipinski definition) is 1. The van der Waals surface area contributed by atoms with Crippen molar-refractivity contribution in [1.82, 2.24) is 4.98 Å². The van der Waals surface area contributed by atoms with Gasteiger partial charge in [0.2, 0.25) is 0 Å². The van der Waals surface area contributed by atoms with Crippen LogP contribution in [0.25, 0.3) is 10.8 Å². The minimum Gasteiger partial charge on any atom is -0.489 e. The predicted octanol–water partition coefficient (Wildman–Crippen LogP) is 3.40. The Morgan fingerprint density at radius 1 is 0.947 bits per heavy atom. The highest BCUT2D eigenvalue weighted by molar-refractivity contribution is 5.83. The quantitative estimate of drug-likeness (QED) is 0.775. The van der Waals surface area contributed by atoms with E-state index in [-0.39, 0.29) is 0 Å². The van der Waals surface area contributed by atoms with Gasteiger partial charge in [-0.3, -0.25) is 0 Å². The lowest BCUT2D eigenvalue weighted by atomic mass is 10.1. The molecule has 3 heteroatoms. The van der Waals surface area contributed by atoms with Crippen molar-refractivity contribution in [2.75, 3.05) is 5.73 Å². The van der Waals surface area contributed by atoms with Crippen LogP contribution in [-0.4, -0.2) is 4.98 Å². The first kappa shape index (κ1) is 11.5. The second kappa shape index (κ2) is 4.98. The molecule has 3 aromatic rings. The van der Waals surface area contributed by atoms with Crippen LogP contribution in [0, 0.1) is 0 Å². The summed E-state index contributed by atoms with van der Waals surface area (Å²) in [6.45, 7) is 0.429. The number of pyridine rings is 1. The smallest absolute Gasteiger partial charge is 0.129 e. The van der Waals surface area contributed by atoms with Crippen molar-refractivity contribution in [1.29, 1.82) is 0 Å². The average molecular weight is 250 g/mol. The number of aromatic nitrogens is 1. The molecule has 0 saturated carbocycles. The van der Waals surface area contributed by atoms with E-state index in [2.05, 4.69) is 23.2 Å². The molecule has 0 radical (unpaired) electrons. The van der Waals surface area contributed by atoms with Gasteiger partial charge in [0.05, 0.1) is 0 Å². The molecule has 0 bridgehead atoms. The van der Waals surface area contributed by atoms with Crippen molar-refractivity contribution in [3.05, 3.63) is 66.4 Å². The molecule has 0 atom stereocenters. The standard InChI is InChI=1S/C16H14N2O/c17-16-14(6-3-9-18-16)11-19-15-8-7-12-4-1-2-5-13(12)10-15/h1-10H,11H2,(H2,17,18). The Balaban J connectivity index is 1.80. The molecule has 3 nitrogen and oxygen atoms in total. The van der Waals surface area contributed by atoms with Crippen molar-refractivity contribution in [3.63, 3.8) is 0 Å². The Bertz CT molecular complexity index is 710. The fraction of sp³-hybridized carbons (Fsp3) is 0.0625. The summed E-state index contributed by atoms with van der Waals surface area (Å²) in [5.41, 5.74) is 6.68. The molecule has 2 N–H and O–H groups in total. The van der Waals surface area contributed by atoms with Gasteiger partial charge in [-0.05, 0) is 29.0 Å². The van der Waals surface area contributed by atoms with Gasteiger partial charge < -0.3 is 10.5 Å². The summed E-state index contributed by atoms with van der Waals surface area (Å²) in [6, 6.07) is 18.0. The molecular formula is C16H14N2O. The zero-order chi connectivity index (χ0) is 13.1. The van der Waals surface area contributed by atoms with Crippen LogP contribution in [0.1, 0.15) is 5.56 Å². The van der Waals surface area contributed by atoms with Crippen molar-refractivity contribution in [3.8, 4) is 5.75 Å². The molecular weight excluding hydrogens is 236 g/mol. The van der Waals surface area contributed by atoms with Crippen molar-refractivity contribution in [2.45, 2.75) is 6.61 Å². The number of nitrogen functional groups attached to an aromatic ring is 1. The van der Waals surface area contributed by atoms with Crippen molar-refractivity contribution in [2.24, 2.45) is 0 Å². The van der Waals surface area contributed by atoms with Crippen molar-refractivity contribution < 1.29 is 4.74 Å². The van der Waals surface area contributed by atoms with Gasteiger partial charge in [0.15, 0.2) is 0 Å². The summed E-state index contributed by atoms with van der Waals surface area (Å²) < 4.78 is 5.76. The summed E-state index contributed by atoms with van der Waals surface area (Å²) in [4.78, 5) is 4.04. The largest absolute Gasteiger partial charge is 0.489 e. The summed E-state index contributed by atoms with van der Waals surface area (Å²) in [7, 11) is 0. The maximum absolute atomic E-state index is 5.78. The predicted molar refractivity (Wildman–Crippen MR) is 76.9 cm³/mol. The maximum Gasteiger partial charge on any atom is 0.129 e. The molecule has 94 valence electrons. The zero-order valence-corrected chi connectivity index (χ0v) is 10.4. The normalized spacial score (nSPS) is 10.5. The van der Waals surface area contributed by atoms with E-state index in [4.69, 9.17) is 10.5 Å². The topological polar surface area (TPSA) is 48.1 Å². The first-order valence-electron chi connectivity index (χ1n) is 6.14. The second-order valence-electron chi connectivity index (χ2n) is 4.35. The summed E-state index contributed by atoms with van der Waals surface area (Å²) in [5.74, 6) is 1.35. The molecule has 0 unspecified atom stereocenters. The molecule has 1 aromatic heterocycles. The molecule has 0 fully saturated rings. The summed E-state index contributed by atoms with van der Waals surface area (Å²) in [5, 5.41) is 2.37. The number of fused-ring (bicyclic) bond motifs is 1. The van der Waals surface area contributed by atoms with Crippen molar-refractivity contribution >= 4 is 16.6 Å². The van der Waals surface area contributed by atoms with E-state index in [0.29, 0.717) is 12.4 Å². The minimum atomic E-state index is 0.429. The highest BCUT2D eigenvalue weighted by Crippen LogP contribution is 2.21. The van der Waals surface area contributed by atoms with Crippen LogP contribution in [0.2, 0.25) is 0 Å². The Kier molecular flexibility index (Phi) is 3.02. The third-order valence-corrected chi connectivity index (χ3v) is 3.04. The van der Waals surface area contributed by atoms with Gasteiger partial charge in [-0.25, -0.2) is 4.98 Å². The monoisotopic (exact) mass is 250 g/mol. The number of rotatable bonds is 3. The molecule has 3 rings (SSSR count). The summed E-state index contributed by atoms with van der Waals surface area (Å²) >= 11 is 0. The van der Waals surface area contributed by atoms with Gasteiger partial charge in [0, 0.05) is 11.8 Å². The molecule has 0 spiro atoms. The average Bonchev–Trinajstić information content (AvgIpc) is 2.46. The molecule has 0 aliphatic rings. The zero-order valence-electron chi connectivity index (χ0n) is 10.4. The molecule has 2 aromatic carbocycles. The van der Waals surface area contributed by atoms with E-state index in [0.717, 1.165) is 11.3 Å². The van der Waals surface area contributed by atoms with Crippen LogP contribution in [-0.2, 0) is 6.61 Å². The van der Waals surface area contributed by atoms with E-state index in [1.54, 1.807) is 6.20 Å². The first-order valence-corrected chi connectivity index (χ1v) is 6.14. The van der Waals surface area contributed by atoms with E-state index >= 15 is 0 Å². The summed E-state index contributed by atoms with van der Waals surface area (Å²) in [6.07, 6.45) is 1.68. The number of nitrogens with zero attached hydrogens (tertiary/aromatic N) is 1. The van der Waals surface area contributed by atoms with E-state index in [1.165, 1.54) is 10.8 Å². The SMILES string of the molecule is Nc1ncccc1COc1ccc2ccccc2c1. The molecule has 19 heavy (non-hydrogen) atoms. The number of benzene rings is 2. The second-order valence-corrected chi connectivity index (χ2v) is 4.35. The number of anilines is 1. The van der Waals surface area contributed by atoms with Gasteiger partial charge in [-0.15, -0.1) is 0 Å². The van der Waals surface area contributed by atoms with Gasteiger partial charge >= 0.3 is 0 Å². The molecule has 0 saturated heterocycles. The van der Waals surface area contributed by atoms with Gasteiger partial charge in [0.25, 0.3) is 0 Å². The van der Waals surface area contributed by atoms with Gasteiger partial charge in [-0.1, -0.05) is 36.4 Å². The Morgan fingerprint density at radius 3 is 2.63 bits per heavy atom. The molecule has 1 heterocycles. The lowest BCUT2D eigenvalue weighted by Crippen LogP contribution is -2.01. The van der Waals surface area contributed by atoms with Crippen LogP contribution in [0.15, 0.2) is 60.8 Å². The molecule has 0 amide bonds. The first-order chi connectivity index (χ1) is 9.33. The Morgan fingerprint density at radius 2 is 1.79 bits per heavy atom. The minimum absolute atomic E-state index is 0.429. The van der Waals surface area contributed by atoms with Crippen LogP contribution in [0.4, 0.5) is 5.82 Å². The number of ether oxygens (including phenoxy) is 1. The molecule has 0 aliphatic heterocycles. The Hall–Kier alpha value is -2.55. The van der Waals surface area contributed by atoms with E-state index < -0.39 is 0 Å². The van der Waals surface area contributed by atoms with Gasteiger partial charge in [0.1, 0.15) is 18.2 Å².